The van der Waals surface area contributed by atoms with Crippen molar-refractivity contribution in [1.82, 2.24) is 9.97 Å². The van der Waals surface area contributed by atoms with Crippen LogP contribution in [-0.4, -0.2) is 9.97 Å². The Bertz CT molecular complexity index is 388. The summed E-state index contributed by atoms with van der Waals surface area (Å²) in [6.45, 7) is 0. The van der Waals surface area contributed by atoms with Crippen molar-refractivity contribution >= 4 is 56.1 Å². The van der Waals surface area contributed by atoms with Crippen LogP contribution in [-0.2, 0) is 0 Å². The van der Waals surface area contributed by atoms with Gasteiger partial charge in [-0.15, -0.1) is 0 Å². The lowest BCUT2D eigenvalue weighted by atomic mass is 10.2. The summed E-state index contributed by atoms with van der Waals surface area (Å²) in [7, 11) is 0. The van der Waals surface area contributed by atoms with Gasteiger partial charge in [0.2, 0.25) is 0 Å². The van der Waals surface area contributed by atoms with Gasteiger partial charge in [0.05, 0.1) is 5.52 Å². The van der Waals surface area contributed by atoms with Gasteiger partial charge < -0.3 is 0 Å². The van der Waals surface area contributed by atoms with Gasteiger partial charge in [-0.05, 0) is 57.3 Å². The molecule has 2 rings (SSSR count). The minimum Gasteiger partial charge on any atom is -0.244 e. The Morgan fingerprint density at radius 3 is 2.58 bits per heavy atom. The van der Waals surface area contributed by atoms with Crippen LogP contribution in [0.5, 0.6) is 0 Å². The lowest BCUT2D eigenvalue weighted by molar-refractivity contribution is 1.22. The molecule has 0 amide bonds. The number of hydrogen-bond donors (Lipinski definition) is 0. The summed E-state index contributed by atoms with van der Waals surface area (Å²) in [5.74, 6) is 0. The van der Waals surface area contributed by atoms with Gasteiger partial charge in [-0.2, -0.15) is 0 Å². The molecule has 0 unspecified atom stereocenters. The Morgan fingerprint density at radius 2 is 1.83 bits per heavy atom. The standard InChI is InChI=1S/C8H4I2N2/c9-6-1-2-7(10)8-5(6)3-11-4-12-8/h1-4H. The molecule has 0 aliphatic heterocycles. The van der Waals surface area contributed by atoms with Gasteiger partial charge in [0.1, 0.15) is 6.33 Å². The smallest absolute Gasteiger partial charge is 0.116 e. The van der Waals surface area contributed by atoms with Crippen molar-refractivity contribution in [2.24, 2.45) is 0 Å². The van der Waals surface area contributed by atoms with E-state index in [9.17, 15) is 0 Å². The first-order chi connectivity index (χ1) is 5.79. The van der Waals surface area contributed by atoms with Crippen LogP contribution in [0.25, 0.3) is 10.9 Å². The molecule has 2 nitrogen and oxygen atoms in total. The first-order valence-corrected chi connectivity index (χ1v) is 5.48. The monoisotopic (exact) mass is 382 g/mol. The Hall–Kier alpha value is 0.0200. The van der Waals surface area contributed by atoms with Crippen molar-refractivity contribution in [3.05, 3.63) is 31.8 Å². The number of benzene rings is 1. The fourth-order valence-electron chi connectivity index (χ4n) is 1.01. The molecule has 0 aliphatic rings. The molecule has 0 bridgehead atoms. The zero-order valence-electron chi connectivity index (χ0n) is 5.96. The van der Waals surface area contributed by atoms with Crippen molar-refractivity contribution in [3.63, 3.8) is 0 Å². The molecule has 1 aromatic heterocycles. The van der Waals surface area contributed by atoms with Gasteiger partial charge >= 0.3 is 0 Å². The molecule has 0 spiro atoms. The van der Waals surface area contributed by atoms with E-state index < -0.39 is 0 Å². The molecule has 1 heterocycles. The van der Waals surface area contributed by atoms with Crippen LogP contribution in [0, 0.1) is 7.14 Å². The van der Waals surface area contributed by atoms with E-state index in [2.05, 4.69) is 67.3 Å². The Morgan fingerprint density at radius 1 is 1.08 bits per heavy atom. The first kappa shape index (κ1) is 8.61. The lowest BCUT2D eigenvalue weighted by Crippen LogP contribution is -1.86. The molecule has 0 fully saturated rings. The zero-order valence-corrected chi connectivity index (χ0v) is 10.3. The van der Waals surface area contributed by atoms with E-state index in [1.165, 1.54) is 7.14 Å². The summed E-state index contributed by atoms with van der Waals surface area (Å²) in [5, 5.41) is 1.13. The van der Waals surface area contributed by atoms with Gasteiger partial charge in [-0.3, -0.25) is 0 Å². The fraction of sp³-hybridized carbons (Fsp3) is 0. The van der Waals surface area contributed by atoms with Crippen LogP contribution in [0.1, 0.15) is 0 Å². The molecular formula is C8H4I2N2. The van der Waals surface area contributed by atoms with E-state index in [1.807, 2.05) is 6.20 Å². The second kappa shape index (κ2) is 3.41. The summed E-state index contributed by atoms with van der Waals surface area (Å²) >= 11 is 4.57. The summed E-state index contributed by atoms with van der Waals surface area (Å²) in [6, 6.07) is 4.14. The van der Waals surface area contributed by atoms with Crippen molar-refractivity contribution < 1.29 is 0 Å². The Balaban J connectivity index is 2.95. The van der Waals surface area contributed by atoms with Gasteiger partial charge in [0, 0.05) is 18.7 Å². The van der Waals surface area contributed by atoms with Gasteiger partial charge in [0.25, 0.3) is 0 Å². The molecule has 0 atom stereocenters. The van der Waals surface area contributed by atoms with Crippen molar-refractivity contribution in [3.8, 4) is 0 Å². The fourth-order valence-corrected chi connectivity index (χ4v) is 2.19. The number of aromatic nitrogens is 2. The minimum atomic E-state index is 1.04. The molecule has 0 saturated heterocycles. The molecule has 12 heavy (non-hydrogen) atoms. The molecule has 0 radical (unpaired) electrons. The number of hydrogen-bond acceptors (Lipinski definition) is 2. The highest BCUT2D eigenvalue weighted by Gasteiger charge is 2.01. The van der Waals surface area contributed by atoms with E-state index in [-0.39, 0.29) is 0 Å². The van der Waals surface area contributed by atoms with Gasteiger partial charge in [0.15, 0.2) is 0 Å². The molecule has 1 aromatic carbocycles. The first-order valence-electron chi connectivity index (χ1n) is 3.33. The topological polar surface area (TPSA) is 25.8 Å². The van der Waals surface area contributed by atoms with Crippen LogP contribution in [0.2, 0.25) is 0 Å². The maximum Gasteiger partial charge on any atom is 0.116 e. The average molecular weight is 382 g/mol. The van der Waals surface area contributed by atoms with Crippen LogP contribution in [0.4, 0.5) is 0 Å². The molecule has 4 heteroatoms. The molecule has 2 aromatic rings. The third-order valence-electron chi connectivity index (χ3n) is 1.57. The Labute approximate surface area is 97.1 Å². The molecule has 60 valence electrons. The lowest BCUT2D eigenvalue weighted by Gasteiger charge is -1.99. The quantitative estimate of drug-likeness (QED) is 0.656. The van der Waals surface area contributed by atoms with Crippen molar-refractivity contribution in [2.75, 3.05) is 0 Å². The summed E-state index contributed by atoms with van der Waals surface area (Å²) in [5.41, 5.74) is 1.04. The highest BCUT2D eigenvalue weighted by Crippen LogP contribution is 2.22. The van der Waals surface area contributed by atoms with Crippen LogP contribution in [0.3, 0.4) is 0 Å². The number of fused-ring (bicyclic) bond motifs is 1. The zero-order chi connectivity index (χ0) is 8.55. The van der Waals surface area contributed by atoms with Crippen LogP contribution < -0.4 is 0 Å². The predicted octanol–water partition coefficient (Wildman–Crippen LogP) is 2.84. The summed E-state index contributed by atoms with van der Waals surface area (Å²) in [6.07, 6.45) is 3.44. The normalized spacial score (nSPS) is 10.5. The summed E-state index contributed by atoms with van der Waals surface area (Å²) < 4.78 is 2.37. The highest BCUT2D eigenvalue weighted by atomic mass is 127. The molecule has 0 N–H and O–H groups in total. The summed E-state index contributed by atoms with van der Waals surface area (Å²) in [4.78, 5) is 8.21. The van der Waals surface area contributed by atoms with Crippen molar-refractivity contribution in [2.45, 2.75) is 0 Å². The van der Waals surface area contributed by atoms with Gasteiger partial charge in [-0.1, -0.05) is 0 Å². The van der Waals surface area contributed by atoms with Crippen LogP contribution in [0.15, 0.2) is 24.7 Å². The van der Waals surface area contributed by atoms with E-state index >= 15 is 0 Å². The second-order valence-corrected chi connectivity index (χ2v) is 4.64. The van der Waals surface area contributed by atoms with E-state index in [0.717, 1.165) is 10.9 Å². The largest absolute Gasteiger partial charge is 0.244 e. The maximum atomic E-state index is 4.22. The third kappa shape index (κ3) is 1.41. The number of halogens is 2. The molecule has 0 saturated carbocycles. The Kier molecular flexibility index (Phi) is 2.44. The minimum absolute atomic E-state index is 1.04. The maximum absolute atomic E-state index is 4.22. The van der Waals surface area contributed by atoms with E-state index in [1.54, 1.807) is 6.33 Å². The average Bonchev–Trinajstić information content (AvgIpc) is 2.12. The van der Waals surface area contributed by atoms with Crippen molar-refractivity contribution in [1.29, 1.82) is 0 Å². The number of nitrogens with zero attached hydrogens (tertiary/aromatic N) is 2. The number of rotatable bonds is 0. The second-order valence-electron chi connectivity index (χ2n) is 2.31. The SMILES string of the molecule is Ic1ccc(I)c2ncncc12. The van der Waals surface area contributed by atoms with Crippen LogP contribution >= 0.6 is 45.2 Å². The third-order valence-corrected chi connectivity index (χ3v) is 3.38. The van der Waals surface area contributed by atoms with Gasteiger partial charge in [-0.25, -0.2) is 9.97 Å². The molecule has 0 aliphatic carbocycles. The highest BCUT2D eigenvalue weighted by molar-refractivity contribution is 14.1. The van der Waals surface area contributed by atoms with E-state index in [0.29, 0.717) is 0 Å². The predicted molar refractivity (Wildman–Crippen MR) is 65.0 cm³/mol. The molecular weight excluding hydrogens is 378 g/mol. The van der Waals surface area contributed by atoms with E-state index in [4.69, 9.17) is 0 Å².